The van der Waals surface area contributed by atoms with Crippen LogP contribution >= 0.6 is 0 Å². The average molecular weight is 209 g/mol. The zero-order valence-corrected chi connectivity index (χ0v) is 8.68. The predicted octanol–water partition coefficient (Wildman–Crippen LogP) is 0.367. The van der Waals surface area contributed by atoms with Crippen molar-refractivity contribution in [3.8, 4) is 0 Å². The van der Waals surface area contributed by atoms with Gasteiger partial charge in [0.1, 0.15) is 0 Å². The van der Waals surface area contributed by atoms with E-state index >= 15 is 0 Å². The third-order valence-electron chi connectivity index (χ3n) is 1.97. The second kappa shape index (κ2) is 6.08. The van der Waals surface area contributed by atoms with Crippen molar-refractivity contribution >= 4 is 5.91 Å². The number of carbonyl (C=O) groups is 1. The molecule has 0 spiro atoms. The zero-order chi connectivity index (χ0) is 11.1. The normalized spacial score (nSPS) is 12.1. The fourth-order valence-corrected chi connectivity index (χ4v) is 1.17. The molecule has 0 aliphatic heterocycles. The van der Waals surface area contributed by atoms with E-state index in [1.54, 1.807) is 6.07 Å². The molecule has 82 valence electrons. The summed E-state index contributed by atoms with van der Waals surface area (Å²) in [5, 5.41) is 19.2. The van der Waals surface area contributed by atoms with Crippen LogP contribution in [0.25, 0.3) is 0 Å². The molecule has 0 aliphatic carbocycles. The van der Waals surface area contributed by atoms with Gasteiger partial charge in [-0.05, 0) is 12.5 Å². The van der Waals surface area contributed by atoms with Gasteiger partial charge in [0.15, 0.2) is 0 Å². The third kappa shape index (κ3) is 4.03. The summed E-state index contributed by atoms with van der Waals surface area (Å²) in [6.45, 7) is 2.26. The van der Waals surface area contributed by atoms with Crippen LogP contribution in [0, 0.1) is 0 Å². The Bertz CT molecular complexity index is 303. The number of nitrogens with one attached hydrogen (secondary N) is 1. The first kappa shape index (κ1) is 11.6. The highest BCUT2D eigenvalue weighted by atomic mass is 16.3. The Kier molecular flexibility index (Phi) is 4.70. The van der Waals surface area contributed by atoms with Gasteiger partial charge in [0.25, 0.3) is 5.91 Å². The van der Waals surface area contributed by atoms with E-state index in [4.69, 9.17) is 0 Å². The van der Waals surface area contributed by atoms with Crippen LogP contribution in [0.3, 0.4) is 0 Å². The van der Waals surface area contributed by atoms with Crippen molar-refractivity contribution in [3.05, 3.63) is 24.0 Å². The molecule has 0 saturated heterocycles. The van der Waals surface area contributed by atoms with Gasteiger partial charge in [-0.2, -0.15) is 10.2 Å². The third-order valence-corrected chi connectivity index (χ3v) is 1.97. The number of hydrogen-bond donors (Lipinski definition) is 2. The Morgan fingerprint density at radius 2 is 2.40 bits per heavy atom. The Morgan fingerprint density at radius 3 is 3.00 bits per heavy atom. The Labute approximate surface area is 88.5 Å². The molecule has 1 amide bonds. The van der Waals surface area contributed by atoms with Crippen molar-refractivity contribution in [1.82, 2.24) is 15.5 Å². The first-order valence-electron chi connectivity index (χ1n) is 4.97. The highest BCUT2D eigenvalue weighted by Gasteiger charge is 2.07. The molecule has 5 heteroatoms. The highest BCUT2D eigenvalue weighted by molar-refractivity contribution is 5.93. The number of rotatable bonds is 5. The Morgan fingerprint density at radius 1 is 1.60 bits per heavy atom. The molecule has 0 aliphatic rings. The van der Waals surface area contributed by atoms with E-state index in [1.165, 1.54) is 12.4 Å². The number of hydrogen-bond acceptors (Lipinski definition) is 4. The minimum atomic E-state index is -0.478. The first-order valence-corrected chi connectivity index (χ1v) is 4.97. The quantitative estimate of drug-likeness (QED) is 0.734. The van der Waals surface area contributed by atoms with Crippen molar-refractivity contribution in [2.75, 3.05) is 6.54 Å². The minimum absolute atomic E-state index is 0.236. The minimum Gasteiger partial charge on any atom is -0.391 e. The van der Waals surface area contributed by atoms with Gasteiger partial charge in [0, 0.05) is 6.54 Å². The van der Waals surface area contributed by atoms with Crippen LogP contribution in [0.1, 0.15) is 30.1 Å². The van der Waals surface area contributed by atoms with Crippen LogP contribution in [0.4, 0.5) is 0 Å². The summed E-state index contributed by atoms with van der Waals surface area (Å²) in [6, 6.07) is 1.58. The number of aromatic nitrogens is 2. The molecule has 1 aromatic heterocycles. The Hall–Kier alpha value is -1.49. The second-order valence-electron chi connectivity index (χ2n) is 3.28. The Balaban J connectivity index is 2.37. The second-order valence-corrected chi connectivity index (χ2v) is 3.28. The van der Waals surface area contributed by atoms with E-state index in [-0.39, 0.29) is 12.5 Å². The van der Waals surface area contributed by atoms with Gasteiger partial charge >= 0.3 is 0 Å². The van der Waals surface area contributed by atoms with Crippen LogP contribution in [0.5, 0.6) is 0 Å². The smallest absolute Gasteiger partial charge is 0.253 e. The number of aliphatic hydroxyl groups excluding tert-OH is 1. The van der Waals surface area contributed by atoms with E-state index in [2.05, 4.69) is 15.5 Å². The number of carbonyl (C=O) groups excluding carboxylic acids is 1. The monoisotopic (exact) mass is 209 g/mol. The van der Waals surface area contributed by atoms with Crippen LogP contribution in [0.2, 0.25) is 0 Å². The largest absolute Gasteiger partial charge is 0.391 e. The summed E-state index contributed by atoms with van der Waals surface area (Å²) in [5.74, 6) is -0.236. The average Bonchev–Trinajstić information content (AvgIpc) is 2.27. The summed E-state index contributed by atoms with van der Waals surface area (Å²) in [6.07, 6.45) is 3.95. The maximum atomic E-state index is 11.5. The van der Waals surface area contributed by atoms with Gasteiger partial charge in [0.2, 0.25) is 0 Å². The van der Waals surface area contributed by atoms with Crippen molar-refractivity contribution in [3.63, 3.8) is 0 Å². The molecular formula is C10H15N3O2. The maximum Gasteiger partial charge on any atom is 0.253 e. The number of aliphatic hydroxyl groups is 1. The van der Waals surface area contributed by atoms with Crippen LogP contribution in [0.15, 0.2) is 18.5 Å². The molecule has 0 aromatic carbocycles. The van der Waals surface area contributed by atoms with E-state index < -0.39 is 6.10 Å². The molecular weight excluding hydrogens is 194 g/mol. The van der Waals surface area contributed by atoms with Gasteiger partial charge < -0.3 is 10.4 Å². The van der Waals surface area contributed by atoms with Crippen molar-refractivity contribution in [2.45, 2.75) is 25.9 Å². The fraction of sp³-hybridized carbons (Fsp3) is 0.500. The summed E-state index contributed by atoms with van der Waals surface area (Å²) >= 11 is 0. The lowest BCUT2D eigenvalue weighted by molar-refractivity contribution is 0.0909. The molecule has 1 aromatic rings. The lowest BCUT2D eigenvalue weighted by Crippen LogP contribution is -2.32. The van der Waals surface area contributed by atoms with Gasteiger partial charge in [0.05, 0.1) is 24.1 Å². The number of amides is 1. The van der Waals surface area contributed by atoms with Crippen molar-refractivity contribution < 1.29 is 9.90 Å². The molecule has 0 radical (unpaired) electrons. The molecule has 1 atom stereocenters. The van der Waals surface area contributed by atoms with Crippen molar-refractivity contribution in [2.24, 2.45) is 0 Å². The maximum absolute atomic E-state index is 11.5. The summed E-state index contributed by atoms with van der Waals surface area (Å²) < 4.78 is 0. The van der Waals surface area contributed by atoms with E-state index in [1.807, 2.05) is 6.92 Å². The standard InChI is InChI=1S/C10H15N3O2/c1-2-3-9(14)7-11-10(15)8-4-5-12-13-6-8/h4-6,9,14H,2-3,7H2,1H3,(H,11,15). The lowest BCUT2D eigenvalue weighted by atomic mass is 10.2. The lowest BCUT2D eigenvalue weighted by Gasteiger charge is -2.10. The molecule has 15 heavy (non-hydrogen) atoms. The number of nitrogens with zero attached hydrogens (tertiary/aromatic N) is 2. The van der Waals surface area contributed by atoms with Crippen molar-refractivity contribution in [1.29, 1.82) is 0 Å². The van der Waals surface area contributed by atoms with E-state index in [0.29, 0.717) is 12.0 Å². The van der Waals surface area contributed by atoms with Crippen LogP contribution in [-0.4, -0.2) is 33.9 Å². The summed E-state index contributed by atoms with van der Waals surface area (Å²) in [5.41, 5.74) is 0.452. The summed E-state index contributed by atoms with van der Waals surface area (Å²) in [7, 11) is 0. The fourth-order valence-electron chi connectivity index (χ4n) is 1.17. The topological polar surface area (TPSA) is 75.1 Å². The molecule has 1 unspecified atom stereocenters. The summed E-state index contributed by atoms with van der Waals surface area (Å²) in [4.78, 5) is 11.5. The van der Waals surface area contributed by atoms with Gasteiger partial charge in [-0.1, -0.05) is 13.3 Å². The first-order chi connectivity index (χ1) is 7.24. The molecule has 0 bridgehead atoms. The molecule has 1 heterocycles. The van der Waals surface area contributed by atoms with Gasteiger partial charge in [-0.25, -0.2) is 0 Å². The highest BCUT2D eigenvalue weighted by Crippen LogP contribution is 1.96. The molecule has 5 nitrogen and oxygen atoms in total. The molecule has 1 rings (SSSR count). The van der Waals surface area contributed by atoms with E-state index in [0.717, 1.165) is 6.42 Å². The van der Waals surface area contributed by atoms with Gasteiger partial charge in [-0.15, -0.1) is 0 Å². The SMILES string of the molecule is CCCC(O)CNC(=O)c1ccnnc1. The molecule has 0 saturated carbocycles. The van der Waals surface area contributed by atoms with Gasteiger partial charge in [-0.3, -0.25) is 4.79 Å². The van der Waals surface area contributed by atoms with E-state index in [9.17, 15) is 9.90 Å². The van der Waals surface area contributed by atoms with Crippen LogP contribution in [-0.2, 0) is 0 Å². The predicted molar refractivity (Wildman–Crippen MR) is 55.3 cm³/mol. The molecule has 0 fully saturated rings. The van der Waals surface area contributed by atoms with Crippen LogP contribution < -0.4 is 5.32 Å². The molecule has 2 N–H and O–H groups in total. The zero-order valence-electron chi connectivity index (χ0n) is 8.68.